The van der Waals surface area contributed by atoms with Crippen LogP contribution in [0.3, 0.4) is 0 Å². The Labute approximate surface area is 106 Å². The summed E-state index contributed by atoms with van der Waals surface area (Å²) < 4.78 is 6.23. The number of methoxy groups -OCH3 is 1. The Hall–Kier alpha value is -0.610. The van der Waals surface area contributed by atoms with Crippen molar-refractivity contribution >= 4 is 21.7 Å². The molecule has 1 rings (SSSR count). The van der Waals surface area contributed by atoms with Gasteiger partial charge in [-0.05, 0) is 40.9 Å². The molecule has 1 aromatic heterocycles. The summed E-state index contributed by atoms with van der Waals surface area (Å²) in [6.07, 6.45) is 4.03. The number of aromatic nitrogens is 1. The van der Waals surface area contributed by atoms with Crippen LogP contribution < -0.4 is 5.32 Å². The average Bonchev–Trinajstić information content (AvgIpc) is 2.25. The summed E-state index contributed by atoms with van der Waals surface area (Å²) in [6, 6.07) is 2.31. The molecule has 0 fully saturated rings. The Kier molecular flexibility index (Phi) is 5.77. The van der Waals surface area contributed by atoms with Crippen LogP contribution in [-0.2, 0) is 4.74 Å². The molecule has 0 saturated heterocycles. The van der Waals surface area contributed by atoms with Crippen molar-refractivity contribution in [3.8, 4) is 0 Å². The van der Waals surface area contributed by atoms with Gasteiger partial charge in [0.2, 0.25) is 0 Å². The summed E-state index contributed by atoms with van der Waals surface area (Å²) in [5.74, 6) is 0.899. The number of nitrogens with zero attached hydrogens (tertiary/aromatic N) is 1. The Morgan fingerprint density at radius 2 is 2.31 bits per heavy atom. The van der Waals surface area contributed by atoms with Crippen molar-refractivity contribution in [3.63, 3.8) is 0 Å². The molecule has 90 valence electrons. The minimum absolute atomic E-state index is 0.320. The zero-order chi connectivity index (χ0) is 12.0. The van der Waals surface area contributed by atoms with Crippen LogP contribution in [0.25, 0.3) is 0 Å². The molecule has 0 aromatic carbocycles. The molecule has 1 N–H and O–H groups in total. The summed E-state index contributed by atoms with van der Waals surface area (Å²) in [5, 5.41) is 3.41. The monoisotopic (exact) mass is 286 g/mol. The number of halogens is 1. The van der Waals surface area contributed by atoms with Gasteiger partial charge in [-0.3, -0.25) is 0 Å². The fraction of sp³-hybridized carbons (Fsp3) is 0.583. The third-order valence-electron chi connectivity index (χ3n) is 2.43. The molecule has 1 heterocycles. The van der Waals surface area contributed by atoms with E-state index in [0.29, 0.717) is 12.6 Å². The lowest BCUT2D eigenvalue weighted by Crippen LogP contribution is -2.25. The van der Waals surface area contributed by atoms with Crippen molar-refractivity contribution in [1.29, 1.82) is 0 Å². The summed E-state index contributed by atoms with van der Waals surface area (Å²) in [6.45, 7) is 4.93. The van der Waals surface area contributed by atoms with E-state index in [0.717, 1.165) is 23.1 Å². The Balaban J connectivity index is 2.72. The van der Waals surface area contributed by atoms with Gasteiger partial charge in [-0.15, -0.1) is 0 Å². The predicted molar refractivity (Wildman–Crippen MR) is 70.9 cm³/mol. The first kappa shape index (κ1) is 13.5. The van der Waals surface area contributed by atoms with Crippen LogP contribution in [0.1, 0.15) is 25.3 Å². The van der Waals surface area contributed by atoms with Gasteiger partial charge in [-0.2, -0.15) is 0 Å². The van der Waals surface area contributed by atoms with Crippen LogP contribution in [0.5, 0.6) is 0 Å². The molecule has 4 heteroatoms. The first-order valence-electron chi connectivity index (χ1n) is 5.55. The van der Waals surface area contributed by atoms with Crippen molar-refractivity contribution in [2.75, 3.05) is 19.0 Å². The van der Waals surface area contributed by atoms with Crippen LogP contribution in [0.4, 0.5) is 5.82 Å². The molecule has 1 atom stereocenters. The van der Waals surface area contributed by atoms with E-state index in [-0.39, 0.29) is 0 Å². The number of hydrogen-bond acceptors (Lipinski definition) is 3. The molecular formula is C12H19BrN2O. The number of nitrogens with one attached hydrogen (secondary N) is 1. The summed E-state index contributed by atoms with van der Waals surface area (Å²) in [4.78, 5) is 4.33. The molecule has 1 unspecified atom stereocenters. The summed E-state index contributed by atoms with van der Waals surface area (Å²) in [7, 11) is 1.73. The lowest BCUT2D eigenvalue weighted by Gasteiger charge is -2.19. The second-order valence-electron chi connectivity index (χ2n) is 3.88. The Bertz CT molecular complexity index is 325. The molecule has 0 amide bonds. The maximum atomic E-state index is 5.19. The van der Waals surface area contributed by atoms with Crippen LogP contribution in [0.2, 0.25) is 0 Å². The SMILES string of the molecule is CCCC(COC)Nc1nccc(C)c1Br. The van der Waals surface area contributed by atoms with Crippen LogP contribution in [0.15, 0.2) is 16.7 Å². The van der Waals surface area contributed by atoms with E-state index in [1.54, 1.807) is 7.11 Å². The van der Waals surface area contributed by atoms with E-state index in [1.165, 1.54) is 5.56 Å². The molecule has 0 spiro atoms. The van der Waals surface area contributed by atoms with Gasteiger partial charge in [-0.1, -0.05) is 13.3 Å². The van der Waals surface area contributed by atoms with E-state index < -0.39 is 0 Å². The third kappa shape index (κ3) is 3.76. The summed E-state index contributed by atoms with van der Waals surface area (Å²) in [5.41, 5.74) is 1.19. The number of anilines is 1. The van der Waals surface area contributed by atoms with E-state index in [4.69, 9.17) is 4.74 Å². The molecule has 16 heavy (non-hydrogen) atoms. The lowest BCUT2D eigenvalue weighted by molar-refractivity contribution is 0.182. The third-order valence-corrected chi connectivity index (χ3v) is 3.43. The lowest BCUT2D eigenvalue weighted by atomic mass is 10.2. The molecule has 0 aliphatic carbocycles. The smallest absolute Gasteiger partial charge is 0.140 e. The highest BCUT2D eigenvalue weighted by atomic mass is 79.9. The van der Waals surface area contributed by atoms with Gasteiger partial charge in [0.25, 0.3) is 0 Å². The average molecular weight is 287 g/mol. The van der Waals surface area contributed by atoms with Gasteiger partial charge in [-0.25, -0.2) is 4.98 Å². The maximum Gasteiger partial charge on any atom is 0.140 e. The topological polar surface area (TPSA) is 34.1 Å². The van der Waals surface area contributed by atoms with Crippen molar-refractivity contribution in [3.05, 3.63) is 22.3 Å². The van der Waals surface area contributed by atoms with E-state index in [2.05, 4.69) is 40.1 Å². The molecule has 0 bridgehead atoms. The van der Waals surface area contributed by atoms with Crippen LogP contribution in [-0.4, -0.2) is 24.7 Å². The zero-order valence-electron chi connectivity index (χ0n) is 10.1. The van der Waals surface area contributed by atoms with Gasteiger partial charge < -0.3 is 10.1 Å². The quantitative estimate of drug-likeness (QED) is 0.871. The summed E-state index contributed by atoms with van der Waals surface area (Å²) >= 11 is 3.55. The van der Waals surface area contributed by atoms with Crippen LogP contribution in [0, 0.1) is 6.92 Å². The van der Waals surface area contributed by atoms with E-state index in [1.807, 2.05) is 12.3 Å². The molecule has 1 aromatic rings. The van der Waals surface area contributed by atoms with Crippen molar-refractivity contribution < 1.29 is 4.74 Å². The minimum atomic E-state index is 0.320. The van der Waals surface area contributed by atoms with Crippen LogP contribution >= 0.6 is 15.9 Å². The van der Waals surface area contributed by atoms with E-state index >= 15 is 0 Å². The number of hydrogen-bond donors (Lipinski definition) is 1. The fourth-order valence-electron chi connectivity index (χ4n) is 1.58. The van der Waals surface area contributed by atoms with Gasteiger partial charge in [0.15, 0.2) is 0 Å². The maximum absolute atomic E-state index is 5.19. The first-order valence-corrected chi connectivity index (χ1v) is 6.34. The number of aryl methyl sites for hydroxylation is 1. The Morgan fingerprint density at radius 1 is 1.56 bits per heavy atom. The van der Waals surface area contributed by atoms with Gasteiger partial charge in [0.1, 0.15) is 5.82 Å². The number of rotatable bonds is 6. The van der Waals surface area contributed by atoms with Crippen molar-refractivity contribution in [2.45, 2.75) is 32.7 Å². The highest BCUT2D eigenvalue weighted by Crippen LogP contribution is 2.24. The molecule has 0 aliphatic heterocycles. The normalized spacial score (nSPS) is 12.5. The molecule has 0 aliphatic rings. The second kappa shape index (κ2) is 6.86. The molecule has 0 saturated carbocycles. The van der Waals surface area contributed by atoms with E-state index in [9.17, 15) is 0 Å². The Morgan fingerprint density at radius 3 is 2.94 bits per heavy atom. The molecular weight excluding hydrogens is 268 g/mol. The second-order valence-corrected chi connectivity index (χ2v) is 4.67. The van der Waals surface area contributed by atoms with Gasteiger partial charge in [0, 0.05) is 13.3 Å². The van der Waals surface area contributed by atoms with Gasteiger partial charge >= 0.3 is 0 Å². The largest absolute Gasteiger partial charge is 0.383 e. The zero-order valence-corrected chi connectivity index (χ0v) is 11.7. The highest BCUT2D eigenvalue weighted by molar-refractivity contribution is 9.10. The first-order chi connectivity index (χ1) is 7.69. The standard InChI is InChI=1S/C12H19BrN2O/c1-4-5-10(8-16-3)15-12-11(13)9(2)6-7-14-12/h6-7,10H,4-5,8H2,1-3H3,(H,14,15). The molecule has 0 radical (unpaired) electrons. The van der Waals surface area contributed by atoms with Crippen molar-refractivity contribution in [2.24, 2.45) is 0 Å². The molecule has 3 nitrogen and oxygen atoms in total. The minimum Gasteiger partial charge on any atom is -0.383 e. The van der Waals surface area contributed by atoms with Gasteiger partial charge in [0.05, 0.1) is 17.1 Å². The van der Waals surface area contributed by atoms with Crippen molar-refractivity contribution in [1.82, 2.24) is 4.98 Å². The number of ether oxygens (including phenoxy) is 1. The highest BCUT2D eigenvalue weighted by Gasteiger charge is 2.10. The predicted octanol–water partition coefficient (Wildman–Crippen LogP) is 3.38. The fourth-order valence-corrected chi connectivity index (χ4v) is 1.93. The number of pyridine rings is 1.